The first-order valence-corrected chi connectivity index (χ1v) is 8.72. The summed E-state index contributed by atoms with van der Waals surface area (Å²) in [5.74, 6) is 1.68. The predicted molar refractivity (Wildman–Crippen MR) is 69.8 cm³/mol. The van der Waals surface area contributed by atoms with Crippen LogP contribution in [0.5, 0.6) is 0 Å². The van der Waals surface area contributed by atoms with Gasteiger partial charge in [0.1, 0.15) is 0 Å². The van der Waals surface area contributed by atoms with Gasteiger partial charge in [0.25, 0.3) is 0 Å². The molecule has 0 aromatic rings. The first-order chi connectivity index (χ1) is 8.14. The molecule has 1 unspecified atom stereocenters. The van der Waals surface area contributed by atoms with Crippen molar-refractivity contribution in [2.45, 2.75) is 25.4 Å². The quantitative estimate of drug-likeness (QED) is 0.591. The number of hydrogen-bond donors (Lipinski definition) is 2. The minimum atomic E-state index is -3.20. The number of hydrogen-bond acceptors (Lipinski definition) is 5. The molecule has 5 nitrogen and oxygen atoms in total. The van der Waals surface area contributed by atoms with E-state index in [1.54, 1.807) is 11.8 Å². The van der Waals surface area contributed by atoms with Crippen LogP contribution in [0.4, 0.5) is 0 Å². The summed E-state index contributed by atoms with van der Waals surface area (Å²) in [4.78, 5) is 0. The van der Waals surface area contributed by atoms with Crippen LogP contribution in [-0.4, -0.2) is 56.6 Å². The Morgan fingerprint density at radius 3 is 2.88 bits per heavy atom. The van der Waals surface area contributed by atoms with Gasteiger partial charge in [-0.15, -0.1) is 0 Å². The number of ether oxygens (including phenoxy) is 1. The van der Waals surface area contributed by atoms with E-state index in [4.69, 9.17) is 9.84 Å². The van der Waals surface area contributed by atoms with Gasteiger partial charge in [0.2, 0.25) is 10.0 Å². The van der Waals surface area contributed by atoms with Gasteiger partial charge in [0.15, 0.2) is 0 Å². The van der Waals surface area contributed by atoms with E-state index < -0.39 is 10.0 Å². The first-order valence-electron chi connectivity index (χ1n) is 5.91. The minimum Gasteiger partial charge on any atom is -0.396 e. The molecule has 1 heterocycles. The van der Waals surface area contributed by atoms with Gasteiger partial charge in [0, 0.05) is 25.5 Å². The summed E-state index contributed by atoms with van der Waals surface area (Å²) in [6.07, 6.45) is 2.42. The zero-order valence-electron chi connectivity index (χ0n) is 9.93. The maximum absolute atomic E-state index is 11.6. The third-order valence-electron chi connectivity index (χ3n) is 2.44. The molecule has 0 aromatic carbocycles. The van der Waals surface area contributed by atoms with Crippen LogP contribution in [0.1, 0.15) is 19.3 Å². The van der Waals surface area contributed by atoms with Crippen LogP contribution in [0.3, 0.4) is 0 Å². The topological polar surface area (TPSA) is 75.6 Å². The highest BCUT2D eigenvalue weighted by molar-refractivity contribution is 7.99. The largest absolute Gasteiger partial charge is 0.396 e. The van der Waals surface area contributed by atoms with Crippen LogP contribution in [0.25, 0.3) is 0 Å². The third kappa shape index (κ3) is 7.25. The fourth-order valence-electron chi connectivity index (χ4n) is 1.62. The van der Waals surface area contributed by atoms with Crippen molar-refractivity contribution in [1.29, 1.82) is 0 Å². The lowest BCUT2D eigenvalue weighted by Crippen LogP contribution is -2.33. The summed E-state index contributed by atoms with van der Waals surface area (Å²) in [5.41, 5.74) is 0. The van der Waals surface area contributed by atoms with E-state index in [0.717, 1.165) is 30.8 Å². The smallest absolute Gasteiger partial charge is 0.214 e. The zero-order valence-corrected chi connectivity index (χ0v) is 11.6. The SMILES string of the molecule is O=S(=O)(CC1CCCO1)NCCSCCCO. The number of aliphatic hydroxyl groups excluding tert-OH is 1. The average Bonchev–Trinajstić information content (AvgIpc) is 2.75. The second-order valence-corrected chi connectivity index (χ2v) is 7.08. The van der Waals surface area contributed by atoms with Gasteiger partial charge in [-0.2, -0.15) is 11.8 Å². The van der Waals surface area contributed by atoms with E-state index in [1.165, 1.54) is 0 Å². The highest BCUT2D eigenvalue weighted by Gasteiger charge is 2.22. The highest BCUT2D eigenvalue weighted by Crippen LogP contribution is 2.13. The molecular weight excluding hydrogens is 262 g/mol. The Hall–Kier alpha value is 0.180. The van der Waals surface area contributed by atoms with E-state index in [9.17, 15) is 8.42 Å². The molecule has 1 saturated heterocycles. The molecule has 0 amide bonds. The van der Waals surface area contributed by atoms with Gasteiger partial charge in [-0.25, -0.2) is 13.1 Å². The Bertz CT molecular complexity index is 289. The molecule has 0 saturated carbocycles. The molecule has 0 spiro atoms. The van der Waals surface area contributed by atoms with Crippen molar-refractivity contribution >= 4 is 21.8 Å². The number of sulfonamides is 1. The summed E-state index contributed by atoms with van der Waals surface area (Å²) in [7, 11) is -3.20. The fourth-order valence-corrected chi connectivity index (χ4v) is 3.81. The number of aliphatic hydroxyl groups is 1. The number of nitrogens with one attached hydrogen (secondary N) is 1. The summed E-state index contributed by atoms with van der Waals surface area (Å²) < 4.78 is 31.1. The molecule has 1 aliphatic heterocycles. The molecular formula is C10H21NO4S2. The predicted octanol–water partition coefficient (Wildman–Crippen LogP) is 0.200. The van der Waals surface area contributed by atoms with Crippen molar-refractivity contribution in [3.8, 4) is 0 Å². The minimum absolute atomic E-state index is 0.0777. The second-order valence-electron chi connectivity index (χ2n) is 4.00. The van der Waals surface area contributed by atoms with E-state index in [-0.39, 0.29) is 18.5 Å². The highest BCUT2D eigenvalue weighted by atomic mass is 32.2. The van der Waals surface area contributed by atoms with E-state index in [0.29, 0.717) is 13.2 Å². The van der Waals surface area contributed by atoms with Crippen LogP contribution < -0.4 is 4.72 Å². The van der Waals surface area contributed by atoms with E-state index in [2.05, 4.69) is 4.72 Å². The van der Waals surface area contributed by atoms with Crippen molar-refractivity contribution in [2.24, 2.45) is 0 Å². The monoisotopic (exact) mass is 283 g/mol. The third-order valence-corrected chi connectivity index (χ3v) is 4.97. The van der Waals surface area contributed by atoms with Gasteiger partial charge < -0.3 is 9.84 Å². The van der Waals surface area contributed by atoms with Crippen molar-refractivity contribution in [3.05, 3.63) is 0 Å². The molecule has 1 atom stereocenters. The van der Waals surface area contributed by atoms with Gasteiger partial charge in [-0.3, -0.25) is 0 Å². The first kappa shape index (κ1) is 15.2. The Labute approximate surface area is 107 Å². The summed E-state index contributed by atoms with van der Waals surface area (Å²) in [5, 5.41) is 8.57. The summed E-state index contributed by atoms with van der Waals surface area (Å²) in [6.45, 7) is 1.32. The normalized spacial score (nSPS) is 20.9. The lowest BCUT2D eigenvalue weighted by atomic mass is 10.3. The average molecular weight is 283 g/mol. The van der Waals surface area contributed by atoms with Crippen LogP contribution in [0.15, 0.2) is 0 Å². The summed E-state index contributed by atoms with van der Waals surface area (Å²) >= 11 is 1.64. The molecule has 2 N–H and O–H groups in total. The van der Waals surface area contributed by atoms with Crippen LogP contribution in [0, 0.1) is 0 Å². The molecule has 0 aromatic heterocycles. The Kier molecular flexibility index (Phi) is 7.45. The van der Waals surface area contributed by atoms with Crippen LogP contribution >= 0.6 is 11.8 Å². The Balaban J connectivity index is 2.07. The zero-order chi connectivity index (χ0) is 12.6. The molecule has 102 valence electrons. The van der Waals surface area contributed by atoms with E-state index >= 15 is 0 Å². The maximum Gasteiger partial charge on any atom is 0.214 e. The Morgan fingerprint density at radius 2 is 2.24 bits per heavy atom. The van der Waals surface area contributed by atoms with Gasteiger partial charge in [-0.05, 0) is 25.0 Å². The standard InChI is InChI=1S/C10H21NO4S2/c12-5-2-7-16-8-4-11-17(13,14)9-10-3-1-6-15-10/h10-12H,1-9H2. The second kappa shape index (κ2) is 8.31. The van der Waals surface area contributed by atoms with Crippen molar-refractivity contribution < 1.29 is 18.3 Å². The molecule has 17 heavy (non-hydrogen) atoms. The van der Waals surface area contributed by atoms with Gasteiger partial charge >= 0.3 is 0 Å². The van der Waals surface area contributed by atoms with E-state index in [1.807, 2.05) is 0 Å². The molecule has 0 bridgehead atoms. The number of thioether (sulfide) groups is 1. The molecule has 0 aliphatic carbocycles. The molecule has 1 rings (SSSR count). The molecule has 0 radical (unpaired) electrons. The molecule has 1 fully saturated rings. The van der Waals surface area contributed by atoms with Gasteiger partial charge in [-0.1, -0.05) is 0 Å². The molecule has 7 heteroatoms. The maximum atomic E-state index is 11.6. The van der Waals surface area contributed by atoms with Crippen molar-refractivity contribution in [1.82, 2.24) is 4.72 Å². The van der Waals surface area contributed by atoms with Crippen LogP contribution in [0.2, 0.25) is 0 Å². The lowest BCUT2D eigenvalue weighted by Gasteiger charge is -2.10. The fraction of sp³-hybridized carbons (Fsp3) is 1.00. The van der Waals surface area contributed by atoms with Crippen molar-refractivity contribution in [2.75, 3.05) is 37.0 Å². The summed E-state index contributed by atoms with van der Waals surface area (Å²) in [6, 6.07) is 0. The van der Waals surface area contributed by atoms with Crippen LogP contribution in [-0.2, 0) is 14.8 Å². The lowest BCUT2D eigenvalue weighted by molar-refractivity contribution is 0.127. The number of rotatable bonds is 9. The van der Waals surface area contributed by atoms with Crippen molar-refractivity contribution in [3.63, 3.8) is 0 Å². The Morgan fingerprint density at radius 1 is 1.41 bits per heavy atom. The van der Waals surface area contributed by atoms with Gasteiger partial charge in [0.05, 0.1) is 11.9 Å². The molecule has 1 aliphatic rings.